The minimum atomic E-state index is -4.71. The highest BCUT2D eigenvalue weighted by atomic mass is 32.2. The minimum absolute atomic E-state index is 0.0349. The Bertz CT molecular complexity index is 1090. The SMILES string of the molecule is N#Cc1ccc(NC(=O)CSc2nc(-c3ccc(F)cc3)cc(C(F)(F)F)n2)cc1. The van der Waals surface area contributed by atoms with E-state index < -0.39 is 23.6 Å². The van der Waals surface area contributed by atoms with Crippen LogP contribution in [0, 0.1) is 17.1 Å². The molecule has 2 aromatic carbocycles. The molecule has 0 unspecified atom stereocenters. The summed E-state index contributed by atoms with van der Waals surface area (Å²) >= 11 is 0.737. The molecule has 0 saturated heterocycles. The second kappa shape index (κ2) is 8.92. The zero-order valence-electron chi connectivity index (χ0n) is 15.1. The number of carbonyl (C=O) groups is 1. The van der Waals surface area contributed by atoms with Gasteiger partial charge in [-0.25, -0.2) is 14.4 Å². The lowest BCUT2D eigenvalue weighted by Gasteiger charge is -2.11. The van der Waals surface area contributed by atoms with Crippen LogP contribution in [0.25, 0.3) is 11.3 Å². The van der Waals surface area contributed by atoms with Gasteiger partial charge >= 0.3 is 6.18 Å². The van der Waals surface area contributed by atoms with Crippen LogP contribution in [-0.2, 0) is 11.0 Å². The summed E-state index contributed by atoms with van der Waals surface area (Å²) in [7, 11) is 0. The number of nitriles is 1. The van der Waals surface area contributed by atoms with E-state index in [2.05, 4.69) is 15.3 Å². The van der Waals surface area contributed by atoms with Gasteiger partial charge in [0.1, 0.15) is 11.5 Å². The number of thioether (sulfide) groups is 1. The molecule has 1 heterocycles. The van der Waals surface area contributed by atoms with Gasteiger partial charge in [-0.05, 0) is 54.6 Å². The number of aromatic nitrogens is 2. The Morgan fingerprint density at radius 2 is 1.73 bits per heavy atom. The molecule has 1 N–H and O–H groups in total. The van der Waals surface area contributed by atoms with Crippen molar-refractivity contribution < 1.29 is 22.4 Å². The van der Waals surface area contributed by atoms with E-state index in [-0.39, 0.29) is 22.2 Å². The van der Waals surface area contributed by atoms with Gasteiger partial charge in [-0.2, -0.15) is 18.4 Å². The molecular formula is C20H12F4N4OS. The Kier molecular flexibility index (Phi) is 6.32. The molecule has 0 saturated carbocycles. The van der Waals surface area contributed by atoms with Gasteiger partial charge < -0.3 is 5.32 Å². The molecule has 0 aliphatic rings. The molecule has 0 spiro atoms. The van der Waals surface area contributed by atoms with Crippen LogP contribution >= 0.6 is 11.8 Å². The fourth-order valence-corrected chi connectivity index (χ4v) is 3.02. The van der Waals surface area contributed by atoms with Crippen molar-refractivity contribution >= 4 is 23.4 Å². The second-order valence-electron chi connectivity index (χ2n) is 5.95. The van der Waals surface area contributed by atoms with Gasteiger partial charge in [0, 0.05) is 11.3 Å². The molecule has 0 aliphatic heterocycles. The fourth-order valence-electron chi connectivity index (χ4n) is 2.36. The van der Waals surface area contributed by atoms with Gasteiger partial charge in [-0.1, -0.05) is 11.8 Å². The lowest BCUT2D eigenvalue weighted by Crippen LogP contribution is -2.15. The Morgan fingerprint density at radius 3 is 2.33 bits per heavy atom. The third kappa shape index (κ3) is 5.55. The second-order valence-corrected chi connectivity index (χ2v) is 6.89. The highest BCUT2D eigenvalue weighted by Crippen LogP contribution is 2.32. The number of hydrogen-bond acceptors (Lipinski definition) is 5. The Morgan fingerprint density at radius 1 is 1.07 bits per heavy atom. The Balaban J connectivity index is 1.77. The number of amides is 1. The average molecular weight is 432 g/mol. The molecule has 5 nitrogen and oxygen atoms in total. The van der Waals surface area contributed by atoms with Crippen LogP contribution in [0.4, 0.5) is 23.2 Å². The van der Waals surface area contributed by atoms with E-state index in [1.807, 2.05) is 6.07 Å². The summed E-state index contributed by atoms with van der Waals surface area (Å²) in [5.41, 5.74) is -0.0445. The van der Waals surface area contributed by atoms with Gasteiger partial charge in [-0.3, -0.25) is 4.79 Å². The summed E-state index contributed by atoms with van der Waals surface area (Å²) in [6.45, 7) is 0. The molecule has 0 aliphatic carbocycles. The summed E-state index contributed by atoms with van der Waals surface area (Å²) in [5, 5.41) is 11.1. The summed E-state index contributed by atoms with van der Waals surface area (Å²) < 4.78 is 52.7. The quantitative estimate of drug-likeness (QED) is 0.352. The van der Waals surface area contributed by atoms with E-state index in [1.54, 1.807) is 0 Å². The van der Waals surface area contributed by atoms with E-state index in [0.29, 0.717) is 11.3 Å². The normalized spacial score (nSPS) is 11.0. The van der Waals surface area contributed by atoms with Gasteiger partial charge in [0.25, 0.3) is 0 Å². The van der Waals surface area contributed by atoms with Crippen LogP contribution in [-0.4, -0.2) is 21.6 Å². The van der Waals surface area contributed by atoms with Crippen LogP contribution in [0.5, 0.6) is 0 Å². The van der Waals surface area contributed by atoms with Gasteiger partial charge in [0.05, 0.1) is 23.1 Å². The van der Waals surface area contributed by atoms with Crippen molar-refractivity contribution in [2.75, 3.05) is 11.1 Å². The maximum absolute atomic E-state index is 13.2. The molecule has 30 heavy (non-hydrogen) atoms. The molecule has 0 fully saturated rings. The minimum Gasteiger partial charge on any atom is -0.325 e. The van der Waals surface area contributed by atoms with Crippen molar-refractivity contribution in [3.8, 4) is 17.3 Å². The maximum Gasteiger partial charge on any atom is 0.433 e. The van der Waals surface area contributed by atoms with E-state index in [9.17, 15) is 22.4 Å². The van der Waals surface area contributed by atoms with Gasteiger partial charge in [-0.15, -0.1) is 0 Å². The topological polar surface area (TPSA) is 78.7 Å². The lowest BCUT2D eigenvalue weighted by molar-refractivity contribution is -0.141. The number of benzene rings is 2. The third-order valence-electron chi connectivity index (χ3n) is 3.77. The first kappa shape index (κ1) is 21.3. The first-order valence-electron chi connectivity index (χ1n) is 8.39. The van der Waals surface area contributed by atoms with Crippen LogP contribution in [0.15, 0.2) is 59.8 Å². The molecule has 10 heteroatoms. The number of carbonyl (C=O) groups excluding carboxylic acids is 1. The van der Waals surface area contributed by atoms with E-state index in [0.717, 1.165) is 30.0 Å². The highest BCUT2D eigenvalue weighted by molar-refractivity contribution is 7.99. The first-order valence-corrected chi connectivity index (χ1v) is 9.38. The number of rotatable bonds is 5. The first-order chi connectivity index (χ1) is 14.2. The van der Waals surface area contributed by atoms with Crippen molar-refractivity contribution in [1.29, 1.82) is 5.26 Å². The fraction of sp³-hybridized carbons (Fsp3) is 0.100. The smallest absolute Gasteiger partial charge is 0.325 e. The third-order valence-corrected chi connectivity index (χ3v) is 4.61. The summed E-state index contributed by atoms with van der Waals surface area (Å²) in [5.74, 6) is -1.24. The standard InChI is InChI=1S/C20H12F4N4OS/c21-14-5-3-13(4-6-14)16-9-17(20(22,23)24)28-19(27-16)30-11-18(29)26-15-7-1-12(10-25)2-8-15/h1-9H,11H2,(H,26,29). The Hall–Kier alpha value is -3.45. The number of nitrogens with one attached hydrogen (secondary N) is 1. The van der Waals surface area contributed by atoms with E-state index in [4.69, 9.17) is 5.26 Å². The summed E-state index contributed by atoms with van der Waals surface area (Å²) in [6.07, 6.45) is -4.71. The predicted molar refractivity (Wildman–Crippen MR) is 103 cm³/mol. The molecule has 0 bridgehead atoms. The van der Waals surface area contributed by atoms with Crippen molar-refractivity contribution in [2.45, 2.75) is 11.3 Å². The molecule has 3 aromatic rings. The molecule has 1 amide bonds. The summed E-state index contributed by atoms with van der Waals surface area (Å²) in [6, 6.07) is 13.7. The number of alkyl halides is 3. The van der Waals surface area contributed by atoms with Crippen molar-refractivity contribution in [3.05, 3.63) is 71.7 Å². The lowest BCUT2D eigenvalue weighted by atomic mass is 10.1. The molecule has 3 rings (SSSR count). The maximum atomic E-state index is 13.2. The monoisotopic (exact) mass is 432 g/mol. The van der Waals surface area contributed by atoms with Crippen molar-refractivity contribution in [2.24, 2.45) is 0 Å². The van der Waals surface area contributed by atoms with Crippen LogP contribution in [0.2, 0.25) is 0 Å². The van der Waals surface area contributed by atoms with Gasteiger partial charge in [0.2, 0.25) is 5.91 Å². The molecular weight excluding hydrogens is 420 g/mol. The largest absolute Gasteiger partial charge is 0.433 e. The van der Waals surface area contributed by atoms with Crippen LogP contribution < -0.4 is 5.32 Å². The number of nitrogens with zero attached hydrogens (tertiary/aromatic N) is 3. The zero-order valence-corrected chi connectivity index (χ0v) is 15.9. The average Bonchev–Trinajstić information content (AvgIpc) is 2.72. The highest BCUT2D eigenvalue weighted by Gasteiger charge is 2.34. The van der Waals surface area contributed by atoms with Crippen LogP contribution in [0.3, 0.4) is 0 Å². The molecule has 152 valence electrons. The summed E-state index contributed by atoms with van der Waals surface area (Å²) in [4.78, 5) is 19.6. The predicted octanol–water partition coefficient (Wildman–Crippen LogP) is 4.90. The molecule has 1 aromatic heterocycles. The molecule has 0 atom stereocenters. The zero-order chi connectivity index (χ0) is 21.7. The number of hydrogen-bond donors (Lipinski definition) is 1. The number of halogens is 4. The van der Waals surface area contributed by atoms with Crippen LogP contribution in [0.1, 0.15) is 11.3 Å². The van der Waals surface area contributed by atoms with E-state index >= 15 is 0 Å². The Labute approximate surface area is 172 Å². The number of anilines is 1. The molecule has 0 radical (unpaired) electrons. The van der Waals surface area contributed by atoms with Crippen molar-refractivity contribution in [1.82, 2.24) is 9.97 Å². The van der Waals surface area contributed by atoms with Gasteiger partial charge in [0.15, 0.2) is 5.16 Å². The van der Waals surface area contributed by atoms with Crippen molar-refractivity contribution in [3.63, 3.8) is 0 Å². The van der Waals surface area contributed by atoms with E-state index in [1.165, 1.54) is 36.4 Å².